The van der Waals surface area contributed by atoms with Crippen LogP contribution in [0.2, 0.25) is 0 Å². The lowest BCUT2D eigenvalue weighted by molar-refractivity contribution is 1.16. The van der Waals surface area contributed by atoms with Gasteiger partial charge in [0, 0.05) is 55.7 Å². The maximum absolute atomic E-state index is 10.6. The van der Waals surface area contributed by atoms with Crippen molar-refractivity contribution >= 4 is 83.4 Å². The van der Waals surface area contributed by atoms with Gasteiger partial charge in [0.1, 0.15) is 6.07 Å². The van der Waals surface area contributed by atoms with E-state index < -0.39 is 0 Å². The summed E-state index contributed by atoms with van der Waals surface area (Å²) in [5, 5.41) is 15.0. The molecule has 0 saturated carbocycles. The molecule has 0 aliphatic carbocycles. The summed E-state index contributed by atoms with van der Waals surface area (Å²) in [6.07, 6.45) is 0. The number of para-hydroxylation sites is 4. The zero-order valence-corrected chi connectivity index (χ0v) is 38.6. The summed E-state index contributed by atoms with van der Waals surface area (Å²) in [4.78, 5) is 8.74. The van der Waals surface area contributed by atoms with E-state index >= 15 is 0 Å². The quantitative estimate of drug-likeness (QED) is 0.136. The Morgan fingerprint density at radius 2 is 0.757 bits per heavy atom. The first-order valence-electron chi connectivity index (χ1n) is 23.4. The van der Waals surface area contributed by atoms with Gasteiger partial charge in [0.25, 0.3) is 0 Å². The number of nitrogens with zero attached hydrogens (tertiary/aromatic N) is 6. The summed E-state index contributed by atoms with van der Waals surface area (Å²) in [6.45, 7) is 12.8. The van der Waals surface area contributed by atoms with E-state index in [1.807, 2.05) is 48.5 Å². The molecule has 2 aromatic heterocycles. The fourth-order valence-electron chi connectivity index (χ4n) is 10.2. The highest BCUT2D eigenvalue weighted by Gasteiger charge is 2.23. The van der Waals surface area contributed by atoms with Crippen LogP contribution >= 0.6 is 0 Å². The Bertz CT molecular complexity index is 3770. The molecule has 6 nitrogen and oxygen atoms in total. The van der Waals surface area contributed by atoms with Gasteiger partial charge in [0.2, 0.25) is 5.69 Å². The fourth-order valence-corrected chi connectivity index (χ4v) is 10.2. The van der Waals surface area contributed by atoms with Crippen molar-refractivity contribution in [3.8, 4) is 28.6 Å². The smallest absolute Gasteiger partial charge is 0.210 e. The van der Waals surface area contributed by atoms with E-state index in [1.54, 1.807) is 0 Å². The zero-order valence-electron chi connectivity index (χ0n) is 38.6. The number of rotatable bonds is 9. The van der Waals surface area contributed by atoms with Crippen LogP contribution < -0.4 is 9.80 Å². The molecule has 0 atom stereocenters. The van der Waals surface area contributed by atoms with Gasteiger partial charge in [-0.3, -0.25) is 0 Å². The van der Waals surface area contributed by atoms with Crippen molar-refractivity contribution in [3.05, 3.63) is 259 Å². The van der Waals surface area contributed by atoms with Gasteiger partial charge in [-0.1, -0.05) is 114 Å². The van der Waals surface area contributed by atoms with Crippen molar-refractivity contribution in [2.24, 2.45) is 0 Å². The van der Waals surface area contributed by atoms with Crippen molar-refractivity contribution < 1.29 is 0 Å². The van der Waals surface area contributed by atoms with Crippen molar-refractivity contribution in [1.82, 2.24) is 9.13 Å². The van der Waals surface area contributed by atoms with Crippen LogP contribution in [0.15, 0.2) is 231 Å². The van der Waals surface area contributed by atoms with Gasteiger partial charge in [-0.05, 0) is 152 Å². The lowest BCUT2D eigenvalue weighted by atomic mass is 10.0. The molecule has 330 valence electrons. The molecule has 0 aliphatic heterocycles. The van der Waals surface area contributed by atoms with Crippen LogP contribution in [0.1, 0.15) is 16.7 Å². The summed E-state index contributed by atoms with van der Waals surface area (Å²) in [5.41, 5.74) is 17.2. The van der Waals surface area contributed by atoms with E-state index in [-0.39, 0.29) is 0 Å². The van der Waals surface area contributed by atoms with Crippen molar-refractivity contribution in [2.45, 2.75) is 13.8 Å². The Kier molecular flexibility index (Phi) is 10.3. The SMILES string of the molecule is [C-]#[N+]c1ccc(-c2ccc(C#N)c(-n3c4ccc(C)cc4c4cc(C)ccc43)c2)cc1-n1c2ccc(N(c3ccccc3)c3ccccc3)cc2c2cc(N(c3ccccc3)c3ccccc3)ccc21. The third kappa shape index (κ3) is 7.11. The number of fused-ring (bicyclic) bond motifs is 6. The van der Waals surface area contributed by atoms with Gasteiger partial charge in [-0.15, -0.1) is 0 Å². The lowest BCUT2D eigenvalue weighted by Gasteiger charge is -2.26. The van der Waals surface area contributed by atoms with Crippen LogP contribution in [0.3, 0.4) is 0 Å². The van der Waals surface area contributed by atoms with E-state index in [9.17, 15) is 5.26 Å². The van der Waals surface area contributed by atoms with E-state index in [4.69, 9.17) is 6.57 Å². The van der Waals surface area contributed by atoms with E-state index in [0.717, 1.165) is 100 Å². The second-order valence-electron chi connectivity index (χ2n) is 17.8. The number of benzene rings is 10. The molecular formula is C64H44N6. The van der Waals surface area contributed by atoms with Gasteiger partial charge in [0.05, 0.1) is 45.6 Å². The molecule has 6 heteroatoms. The normalized spacial score (nSPS) is 11.3. The van der Waals surface area contributed by atoms with Gasteiger partial charge >= 0.3 is 0 Å². The number of hydrogen-bond acceptors (Lipinski definition) is 3. The molecule has 0 unspecified atom stereocenters. The number of aryl methyl sites for hydroxylation is 2. The highest BCUT2D eigenvalue weighted by molar-refractivity contribution is 6.13. The topological polar surface area (TPSA) is 44.5 Å². The van der Waals surface area contributed by atoms with Gasteiger partial charge in [-0.25, -0.2) is 4.85 Å². The number of nitriles is 1. The Balaban J connectivity index is 1.09. The van der Waals surface area contributed by atoms with Crippen LogP contribution in [-0.2, 0) is 0 Å². The Hall–Kier alpha value is -9.62. The Morgan fingerprint density at radius 1 is 0.386 bits per heavy atom. The minimum Gasteiger partial charge on any atom is -0.319 e. The lowest BCUT2D eigenvalue weighted by Crippen LogP contribution is -2.09. The molecule has 12 aromatic rings. The molecule has 0 bridgehead atoms. The summed E-state index contributed by atoms with van der Waals surface area (Å²) in [5.74, 6) is 0. The summed E-state index contributed by atoms with van der Waals surface area (Å²) in [7, 11) is 0. The van der Waals surface area contributed by atoms with Crippen molar-refractivity contribution in [1.29, 1.82) is 5.26 Å². The summed E-state index contributed by atoms with van der Waals surface area (Å²) in [6, 6.07) is 83.0. The van der Waals surface area contributed by atoms with Crippen LogP contribution in [0, 0.1) is 31.8 Å². The van der Waals surface area contributed by atoms with Gasteiger partial charge < -0.3 is 18.9 Å². The monoisotopic (exact) mass is 896 g/mol. The second-order valence-corrected chi connectivity index (χ2v) is 17.8. The second kappa shape index (κ2) is 17.2. The van der Waals surface area contributed by atoms with Crippen LogP contribution in [0.4, 0.5) is 39.8 Å². The highest BCUT2D eigenvalue weighted by atomic mass is 15.2. The molecule has 0 saturated heterocycles. The first kappa shape index (κ1) is 41.8. The maximum Gasteiger partial charge on any atom is 0.210 e. The zero-order chi connectivity index (χ0) is 47.3. The molecule has 0 fully saturated rings. The average molecular weight is 897 g/mol. The third-order valence-corrected chi connectivity index (χ3v) is 13.4. The van der Waals surface area contributed by atoms with Crippen LogP contribution in [0.25, 0.3) is 71.0 Å². The molecule has 12 rings (SSSR count). The van der Waals surface area contributed by atoms with Crippen LogP contribution in [-0.4, -0.2) is 9.13 Å². The minimum absolute atomic E-state index is 0.531. The predicted octanol–water partition coefficient (Wildman–Crippen LogP) is 17.5. The number of hydrogen-bond donors (Lipinski definition) is 0. The molecule has 0 N–H and O–H groups in total. The molecule has 70 heavy (non-hydrogen) atoms. The van der Waals surface area contributed by atoms with E-state index in [1.165, 1.54) is 11.1 Å². The first-order valence-corrected chi connectivity index (χ1v) is 23.4. The van der Waals surface area contributed by atoms with Crippen molar-refractivity contribution in [2.75, 3.05) is 9.80 Å². The van der Waals surface area contributed by atoms with E-state index in [0.29, 0.717) is 11.3 Å². The summed E-state index contributed by atoms with van der Waals surface area (Å²) < 4.78 is 4.48. The highest BCUT2D eigenvalue weighted by Crippen LogP contribution is 2.45. The standard InChI is InChI=1S/C64H44N6/c1-43-24-32-59-54(36-43)55-37-44(2)25-33-60(55)69(59)63-38-45(26-27-47(63)42-65)46-28-31-58(66-3)64(39-46)70-61-34-29-52(67(48-16-8-4-9-17-48)49-18-10-5-11-19-49)40-56(61)57-41-53(30-35-62(57)70)68(50-20-12-6-13-21-50)51-22-14-7-15-23-51/h4-41H,1-2H3. The Labute approximate surface area is 406 Å². The first-order chi connectivity index (χ1) is 34.4. The molecule has 10 aromatic carbocycles. The van der Waals surface area contributed by atoms with E-state index in [2.05, 4.69) is 226 Å². The molecule has 0 aliphatic rings. The molecule has 0 radical (unpaired) electrons. The number of anilines is 6. The maximum atomic E-state index is 10.6. The van der Waals surface area contributed by atoms with Crippen LogP contribution in [0.5, 0.6) is 0 Å². The van der Waals surface area contributed by atoms with Gasteiger partial charge in [0.15, 0.2) is 0 Å². The molecule has 2 heterocycles. The fraction of sp³-hybridized carbons (Fsp3) is 0.0312. The Morgan fingerprint density at radius 3 is 1.17 bits per heavy atom. The predicted molar refractivity (Wildman–Crippen MR) is 290 cm³/mol. The number of aromatic nitrogens is 2. The summed E-state index contributed by atoms with van der Waals surface area (Å²) >= 11 is 0. The molecule has 0 amide bonds. The van der Waals surface area contributed by atoms with Gasteiger partial charge in [-0.2, -0.15) is 5.26 Å². The molecule has 0 spiro atoms. The third-order valence-electron chi connectivity index (χ3n) is 13.4. The average Bonchev–Trinajstić information content (AvgIpc) is 3.90. The minimum atomic E-state index is 0.531. The largest absolute Gasteiger partial charge is 0.319 e. The molecular weight excluding hydrogens is 853 g/mol. The van der Waals surface area contributed by atoms with Crippen molar-refractivity contribution in [3.63, 3.8) is 0 Å².